The molecule has 2 fully saturated rings. The molecule has 5 nitrogen and oxygen atoms in total. The molecular formula is C28H36FN3O2. The number of halogens is 1. The Kier molecular flexibility index (Phi) is 7.67. The van der Waals surface area contributed by atoms with E-state index >= 15 is 0 Å². The number of oxime groups is 1. The van der Waals surface area contributed by atoms with E-state index in [1.54, 1.807) is 6.07 Å². The summed E-state index contributed by atoms with van der Waals surface area (Å²) in [4.78, 5) is 17.5. The van der Waals surface area contributed by atoms with Crippen molar-refractivity contribution in [3.05, 3.63) is 64.5 Å². The quantitative estimate of drug-likeness (QED) is 0.341. The largest absolute Gasteiger partial charge is 0.411 e. The maximum Gasteiger partial charge on any atom is 0.229 e. The second-order valence-corrected chi connectivity index (χ2v) is 10.1. The zero-order valence-electron chi connectivity index (χ0n) is 20.6. The molecule has 0 bridgehead atoms. The molecule has 2 aromatic carbocycles. The van der Waals surface area contributed by atoms with Crippen LogP contribution >= 0.6 is 0 Å². The molecule has 0 saturated carbocycles. The van der Waals surface area contributed by atoms with E-state index in [9.17, 15) is 14.4 Å². The van der Waals surface area contributed by atoms with Crippen molar-refractivity contribution in [1.82, 2.24) is 4.90 Å². The van der Waals surface area contributed by atoms with Gasteiger partial charge in [-0.25, -0.2) is 4.39 Å². The molecule has 2 aliphatic rings. The molecule has 2 atom stereocenters. The Morgan fingerprint density at radius 1 is 1.15 bits per heavy atom. The van der Waals surface area contributed by atoms with E-state index in [2.05, 4.69) is 10.1 Å². The number of piperidine rings is 1. The molecule has 2 saturated heterocycles. The van der Waals surface area contributed by atoms with Crippen LogP contribution in [0, 0.1) is 31.5 Å². The first-order chi connectivity index (χ1) is 16.4. The third-order valence-electron chi connectivity index (χ3n) is 7.36. The van der Waals surface area contributed by atoms with Crippen molar-refractivity contribution in [3.8, 4) is 0 Å². The highest BCUT2D eigenvalue weighted by Gasteiger charge is 2.34. The first kappa shape index (κ1) is 24.4. The number of carbonyl (C=O) groups is 1. The van der Waals surface area contributed by atoms with Gasteiger partial charge >= 0.3 is 0 Å². The van der Waals surface area contributed by atoms with E-state index in [-0.39, 0.29) is 23.6 Å². The Hall–Kier alpha value is -2.73. The second-order valence-electron chi connectivity index (χ2n) is 10.1. The predicted octanol–water partition coefficient (Wildman–Crippen LogP) is 5.34. The number of benzene rings is 2. The molecule has 0 aliphatic carbocycles. The summed E-state index contributed by atoms with van der Waals surface area (Å²) in [5, 5.41) is 13.3. The monoisotopic (exact) mass is 465 g/mol. The lowest BCUT2D eigenvalue weighted by Crippen LogP contribution is -2.46. The molecule has 1 amide bonds. The third kappa shape index (κ3) is 5.33. The molecule has 0 radical (unpaired) electrons. The number of aryl methyl sites for hydroxylation is 2. The third-order valence-corrected chi connectivity index (χ3v) is 7.36. The van der Waals surface area contributed by atoms with Gasteiger partial charge in [-0.15, -0.1) is 0 Å². The minimum atomic E-state index is -0.180. The lowest BCUT2D eigenvalue weighted by molar-refractivity contribution is -0.124. The van der Waals surface area contributed by atoms with Crippen LogP contribution in [0.3, 0.4) is 0 Å². The van der Waals surface area contributed by atoms with Gasteiger partial charge in [-0.3, -0.25) is 4.79 Å². The zero-order valence-corrected chi connectivity index (χ0v) is 20.6. The molecule has 0 aromatic heterocycles. The zero-order chi connectivity index (χ0) is 24.2. The van der Waals surface area contributed by atoms with Crippen molar-refractivity contribution < 1.29 is 14.4 Å². The van der Waals surface area contributed by atoms with Gasteiger partial charge in [0.15, 0.2) is 0 Å². The van der Waals surface area contributed by atoms with Crippen LogP contribution in [-0.2, 0) is 11.2 Å². The predicted molar refractivity (Wildman–Crippen MR) is 134 cm³/mol. The van der Waals surface area contributed by atoms with Crippen LogP contribution in [0.4, 0.5) is 10.1 Å². The van der Waals surface area contributed by atoms with E-state index in [4.69, 9.17) is 0 Å². The molecule has 2 aromatic rings. The fourth-order valence-corrected chi connectivity index (χ4v) is 5.68. The Labute approximate surface area is 202 Å². The summed E-state index contributed by atoms with van der Waals surface area (Å²) in [6, 6.07) is 11.0. The summed E-state index contributed by atoms with van der Waals surface area (Å²) >= 11 is 0. The smallest absolute Gasteiger partial charge is 0.229 e. The summed E-state index contributed by atoms with van der Waals surface area (Å²) in [5.41, 5.74) is 5.20. The number of carbonyl (C=O) groups excluding carboxylic acids is 1. The van der Waals surface area contributed by atoms with Crippen LogP contribution in [-0.4, -0.2) is 47.9 Å². The fraction of sp³-hybridized carbons (Fsp3) is 0.500. The number of anilines is 1. The van der Waals surface area contributed by atoms with E-state index in [1.165, 1.54) is 18.9 Å². The Balaban J connectivity index is 1.54. The Morgan fingerprint density at radius 3 is 2.47 bits per heavy atom. The van der Waals surface area contributed by atoms with E-state index in [0.717, 1.165) is 48.4 Å². The molecule has 182 valence electrons. The van der Waals surface area contributed by atoms with Gasteiger partial charge in [0.25, 0.3) is 0 Å². The van der Waals surface area contributed by atoms with Gasteiger partial charge in [-0.05, 0) is 93.4 Å². The average molecular weight is 466 g/mol. The SMILES string of the molecule is Cc1cc(/C(CCN2CCCC2)=N/O)cc(C)c1N1C[C@@H](Cc2ccccc2F)C[C@@H](C)C1=O. The van der Waals surface area contributed by atoms with Crippen molar-refractivity contribution in [2.75, 3.05) is 31.1 Å². The van der Waals surface area contributed by atoms with E-state index in [0.29, 0.717) is 30.7 Å². The highest BCUT2D eigenvalue weighted by atomic mass is 19.1. The number of likely N-dealkylation sites (tertiary alicyclic amines) is 1. The average Bonchev–Trinajstić information content (AvgIpc) is 3.32. The van der Waals surface area contributed by atoms with Gasteiger partial charge < -0.3 is 15.0 Å². The second kappa shape index (κ2) is 10.7. The van der Waals surface area contributed by atoms with Gasteiger partial charge in [-0.2, -0.15) is 0 Å². The number of amides is 1. The first-order valence-corrected chi connectivity index (χ1v) is 12.5. The van der Waals surface area contributed by atoms with Crippen molar-refractivity contribution in [3.63, 3.8) is 0 Å². The number of nitrogens with zero attached hydrogens (tertiary/aromatic N) is 3. The van der Waals surface area contributed by atoms with Gasteiger partial charge in [0.1, 0.15) is 5.82 Å². The van der Waals surface area contributed by atoms with Crippen molar-refractivity contribution in [2.45, 2.75) is 52.9 Å². The summed E-state index contributed by atoms with van der Waals surface area (Å²) in [7, 11) is 0. The van der Waals surface area contributed by atoms with Crippen molar-refractivity contribution in [2.24, 2.45) is 17.0 Å². The first-order valence-electron chi connectivity index (χ1n) is 12.5. The summed E-state index contributed by atoms with van der Waals surface area (Å²) in [6.45, 7) is 9.68. The molecule has 0 unspecified atom stereocenters. The lowest BCUT2D eigenvalue weighted by Gasteiger charge is -2.38. The molecule has 34 heavy (non-hydrogen) atoms. The van der Waals surface area contributed by atoms with Gasteiger partial charge in [-0.1, -0.05) is 30.3 Å². The van der Waals surface area contributed by atoms with Gasteiger partial charge in [0.05, 0.1) is 5.71 Å². The number of hydrogen-bond donors (Lipinski definition) is 1. The van der Waals surface area contributed by atoms with Crippen LogP contribution < -0.4 is 4.90 Å². The molecule has 2 aliphatic heterocycles. The summed E-state index contributed by atoms with van der Waals surface area (Å²) in [5.74, 6) is 0.0195. The van der Waals surface area contributed by atoms with Gasteiger partial charge in [0.2, 0.25) is 5.91 Å². The molecule has 4 rings (SSSR count). The minimum absolute atomic E-state index is 0.112. The molecule has 6 heteroatoms. The Morgan fingerprint density at radius 2 is 1.82 bits per heavy atom. The van der Waals surface area contributed by atoms with Crippen LogP contribution in [0.2, 0.25) is 0 Å². The van der Waals surface area contributed by atoms with Crippen molar-refractivity contribution >= 4 is 17.3 Å². The molecule has 1 N–H and O–H groups in total. The summed E-state index contributed by atoms with van der Waals surface area (Å²) in [6.07, 6.45) is 4.54. The van der Waals surface area contributed by atoms with Crippen LogP contribution in [0.25, 0.3) is 0 Å². The molecule has 2 heterocycles. The maximum absolute atomic E-state index is 14.3. The standard InChI is InChI=1S/C28H36FN3O2/c1-19-15-24(26(30-34)10-13-31-11-6-7-12-31)16-20(2)27(19)32-18-22(14-21(3)28(32)33)17-23-8-4-5-9-25(23)29/h4-5,8-9,15-16,21-22,34H,6-7,10-14,17-18H2,1-3H3/b30-26+/t21-,22-/m1/s1. The highest BCUT2D eigenvalue weighted by molar-refractivity contribution is 6.02. The minimum Gasteiger partial charge on any atom is -0.411 e. The topological polar surface area (TPSA) is 56.1 Å². The van der Waals surface area contributed by atoms with Crippen LogP contribution in [0.1, 0.15) is 54.9 Å². The van der Waals surface area contributed by atoms with Crippen molar-refractivity contribution in [1.29, 1.82) is 0 Å². The fourth-order valence-electron chi connectivity index (χ4n) is 5.68. The summed E-state index contributed by atoms with van der Waals surface area (Å²) < 4.78 is 14.3. The molecular weight excluding hydrogens is 429 g/mol. The van der Waals surface area contributed by atoms with Crippen LogP contribution in [0.5, 0.6) is 0 Å². The van der Waals surface area contributed by atoms with Crippen LogP contribution in [0.15, 0.2) is 41.6 Å². The lowest BCUT2D eigenvalue weighted by atomic mass is 9.84. The number of hydrogen-bond acceptors (Lipinski definition) is 4. The maximum atomic E-state index is 14.3. The van der Waals surface area contributed by atoms with Gasteiger partial charge in [0, 0.05) is 36.7 Å². The van der Waals surface area contributed by atoms with E-state index < -0.39 is 0 Å². The van der Waals surface area contributed by atoms with E-state index in [1.807, 2.05) is 49.9 Å². The Bertz CT molecular complexity index is 1040. The highest BCUT2D eigenvalue weighted by Crippen LogP contribution is 2.34. The molecule has 0 spiro atoms. The normalized spacial score (nSPS) is 21.9. The number of rotatable bonds is 7.